The fourth-order valence-electron chi connectivity index (χ4n) is 0.348. The molecule has 4 N–H and O–H groups in total. The van der Waals surface area contributed by atoms with Gasteiger partial charge in [-0.2, -0.15) is 0 Å². The molecule has 0 spiro atoms. The zero-order valence-electron chi connectivity index (χ0n) is 7.40. The van der Waals surface area contributed by atoms with Crippen molar-refractivity contribution < 1.29 is 24.6 Å². The minimum atomic E-state index is -0.980. The van der Waals surface area contributed by atoms with Gasteiger partial charge in [0.1, 0.15) is 11.7 Å². The van der Waals surface area contributed by atoms with E-state index in [0.717, 1.165) is 0 Å². The maximum Gasteiger partial charge on any atom is 0.318 e. The Morgan fingerprint density at radius 3 is 1.71 bits per heavy atom. The van der Waals surface area contributed by atoms with E-state index in [-0.39, 0.29) is 31.0 Å². The molecule has 14 heavy (non-hydrogen) atoms. The summed E-state index contributed by atoms with van der Waals surface area (Å²) in [6, 6.07) is 0. The highest BCUT2D eigenvalue weighted by molar-refractivity contribution is 6.26. The number of hydrogen-bond acceptors (Lipinski definition) is 4. The van der Waals surface area contributed by atoms with Crippen LogP contribution in [0.5, 0.6) is 0 Å². The van der Waals surface area contributed by atoms with Crippen LogP contribution in [-0.4, -0.2) is 40.4 Å². The maximum absolute atomic E-state index is 10.3. The molecule has 0 aromatic rings. The summed E-state index contributed by atoms with van der Waals surface area (Å²) in [7, 11) is 0. The SMILES string of the molecule is NCC(=O)CCC(=O)O.O=C(O)CCl. The lowest BCUT2D eigenvalue weighted by Crippen LogP contribution is -2.14. The van der Waals surface area contributed by atoms with Gasteiger partial charge in [0.15, 0.2) is 0 Å². The number of nitrogens with two attached hydrogens (primary N) is 1. The van der Waals surface area contributed by atoms with E-state index in [2.05, 4.69) is 0 Å². The van der Waals surface area contributed by atoms with Crippen LogP contribution in [0.15, 0.2) is 0 Å². The van der Waals surface area contributed by atoms with Crippen molar-refractivity contribution in [1.82, 2.24) is 0 Å². The Morgan fingerprint density at radius 1 is 1.07 bits per heavy atom. The van der Waals surface area contributed by atoms with Crippen LogP contribution in [0.3, 0.4) is 0 Å². The number of halogens is 1. The standard InChI is InChI=1S/C5H9NO3.C2H3ClO2/c6-3-4(7)1-2-5(8)9;3-1-2(4)5/h1-3,6H2,(H,8,9);1H2,(H,4,5). The highest BCUT2D eigenvalue weighted by Gasteiger charge is 2.01. The average molecular weight is 226 g/mol. The van der Waals surface area contributed by atoms with Gasteiger partial charge in [0.25, 0.3) is 0 Å². The van der Waals surface area contributed by atoms with Crippen molar-refractivity contribution in [1.29, 1.82) is 0 Å². The molecule has 0 aliphatic carbocycles. The first-order chi connectivity index (χ1) is 6.43. The summed E-state index contributed by atoms with van der Waals surface area (Å²) in [5, 5.41) is 15.7. The second-order valence-corrected chi connectivity index (χ2v) is 2.43. The molecule has 0 aliphatic rings. The van der Waals surface area contributed by atoms with Crippen LogP contribution in [0.25, 0.3) is 0 Å². The largest absolute Gasteiger partial charge is 0.481 e. The number of hydrogen-bond donors (Lipinski definition) is 3. The van der Waals surface area contributed by atoms with Crippen molar-refractivity contribution >= 4 is 29.3 Å². The number of Topliss-reactive ketones (excluding diaryl/α,β-unsaturated/α-hetero) is 1. The number of aliphatic carboxylic acids is 2. The van der Waals surface area contributed by atoms with Crippen LogP contribution < -0.4 is 5.73 Å². The van der Waals surface area contributed by atoms with E-state index in [9.17, 15) is 14.4 Å². The van der Waals surface area contributed by atoms with Gasteiger partial charge in [-0.25, -0.2) is 0 Å². The van der Waals surface area contributed by atoms with E-state index in [0.29, 0.717) is 0 Å². The Hall–Kier alpha value is -1.14. The van der Waals surface area contributed by atoms with Gasteiger partial charge < -0.3 is 15.9 Å². The molecule has 6 nitrogen and oxygen atoms in total. The highest BCUT2D eigenvalue weighted by Crippen LogP contribution is 1.87. The zero-order chi connectivity index (χ0) is 11.6. The zero-order valence-corrected chi connectivity index (χ0v) is 8.16. The number of carbonyl (C=O) groups excluding carboxylic acids is 1. The number of carbonyl (C=O) groups is 3. The lowest BCUT2D eigenvalue weighted by molar-refractivity contribution is -0.138. The van der Waals surface area contributed by atoms with E-state index in [4.69, 9.17) is 27.5 Å². The summed E-state index contributed by atoms with van der Waals surface area (Å²) < 4.78 is 0. The maximum atomic E-state index is 10.3. The Balaban J connectivity index is 0. The molecule has 0 saturated carbocycles. The summed E-state index contributed by atoms with van der Waals surface area (Å²) in [6.45, 7) is -0.0622. The molecule has 82 valence electrons. The van der Waals surface area contributed by atoms with Crippen LogP contribution in [0.1, 0.15) is 12.8 Å². The van der Waals surface area contributed by atoms with Gasteiger partial charge in [0.05, 0.1) is 13.0 Å². The van der Waals surface area contributed by atoms with Crippen LogP contribution in [0, 0.1) is 0 Å². The van der Waals surface area contributed by atoms with E-state index in [1.54, 1.807) is 0 Å². The predicted octanol–water partition coefficient (Wildman–Crippen LogP) is -0.311. The molecule has 0 fully saturated rings. The number of rotatable bonds is 5. The number of alkyl halides is 1. The minimum Gasteiger partial charge on any atom is -0.481 e. The van der Waals surface area contributed by atoms with Crippen LogP contribution >= 0.6 is 11.6 Å². The number of carboxylic acid groups (broad SMARTS) is 2. The van der Waals surface area contributed by atoms with Crippen molar-refractivity contribution in [3.8, 4) is 0 Å². The first-order valence-electron chi connectivity index (χ1n) is 3.65. The smallest absolute Gasteiger partial charge is 0.318 e. The van der Waals surface area contributed by atoms with Crippen molar-refractivity contribution in [2.75, 3.05) is 12.4 Å². The number of carboxylic acids is 2. The lowest BCUT2D eigenvalue weighted by Gasteiger charge is -1.90. The highest BCUT2D eigenvalue weighted by atomic mass is 35.5. The van der Waals surface area contributed by atoms with Crippen molar-refractivity contribution in [2.24, 2.45) is 5.73 Å². The molecule has 0 radical (unpaired) electrons. The summed E-state index contributed by atoms with van der Waals surface area (Å²) in [6.07, 6.45) is -0.0676. The molecule has 0 aliphatic heterocycles. The van der Waals surface area contributed by atoms with Gasteiger partial charge in [-0.3, -0.25) is 14.4 Å². The fraction of sp³-hybridized carbons (Fsp3) is 0.571. The second kappa shape index (κ2) is 9.94. The Labute approximate surface area is 85.7 Å². The van der Waals surface area contributed by atoms with E-state index < -0.39 is 11.9 Å². The molecule has 0 aromatic heterocycles. The molecular weight excluding hydrogens is 214 g/mol. The normalized spacial score (nSPS) is 8.43. The van der Waals surface area contributed by atoms with E-state index in [1.807, 2.05) is 0 Å². The molecule has 0 unspecified atom stereocenters. The van der Waals surface area contributed by atoms with E-state index in [1.165, 1.54) is 0 Å². The van der Waals surface area contributed by atoms with Gasteiger partial charge >= 0.3 is 11.9 Å². The van der Waals surface area contributed by atoms with Gasteiger partial charge in [0.2, 0.25) is 0 Å². The molecule has 0 bridgehead atoms. The summed E-state index contributed by atoms with van der Waals surface area (Å²) in [4.78, 5) is 29.4. The first-order valence-corrected chi connectivity index (χ1v) is 4.18. The molecule has 0 aromatic carbocycles. The Bertz CT molecular complexity index is 206. The first kappa shape index (κ1) is 15.3. The predicted molar refractivity (Wildman–Crippen MR) is 49.3 cm³/mol. The third kappa shape index (κ3) is 17.1. The molecule has 0 amide bonds. The second-order valence-electron chi connectivity index (χ2n) is 2.16. The molecule has 0 saturated heterocycles. The average Bonchev–Trinajstić information content (AvgIpc) is 2.14. The topological polar surface area (TPSA) is 118 Å². The van der Waals surface area contributed by atoms with Crippen molar-refractivity contribution in [2.45, 2.75) is 12.8 Å². The summed E-state index contributed by atoms with van der Waals surface area (Å²) in [5.74, 6) is -2.46. The third-order valence-electron chi connectivity index (χ3n) is 0.960. The number of ketones is 1. The van der Waals surface area contributed by atoms with Gasteiger partial charge in [-0.15, -0.1) is 11.6 Å². The fourth-order valence-corrected chi connectivity index (χ4v) is 0.348. The summed E-state index contributed by atoms with van der Waals surface area (Å²) in [5.41, 5.74) is 4.92. The molecule has 7 heteroatoms. The monoisotopic (exact) mass is 225 g/mol. The van der Waals surface area contributed by atoms with Crippen molar-refractivity contribution in [3.05, 3.63) is 0 Å². The van der Waals surface area contributed by atoms with E-state index >= 15 is 0 Å². The lowest BCUT2D eigenvalue weighted by atomic mass is 10.2. The van der Waals surface area contributed by atoms with Crippen LogP contribution in [-0.2, 0) is 14.4 Å². The third-order valence-corrected chi connectivity index (χ3v) is 1.19. The molecule has 0 atom stereocenters. The quantitative estimate of drug-likeness (QED) is 0.553. The van der Waals surface area contributed by atoms with Gasteiger partial charge in [-0.1, -0.05) is 0 Å². The Morgan fingerprint density at radius 2 is 1.50 bits per heavy atom. The molecular formula is C7H12ClNO5. The summed E-state index contributed by atoms with van der Waals surface area (Å²) >= 11 is 4.74. The van der Waals surface area contributed by atoms with Crippen LogP contribution in [0.4, 0.5) is 0 Å². The molecule has 0 heterocycles. The van der Waals surface area contributed by atoms with Gasteiger partial charge in [0, 0.05) is 6.42 Å². The van der Waals surface area contributed by atoms with Crippen molar-refractivity contribution in [3.63, 3.8) is 0 Å². The minimum absolute atomic E-state index is 0.0475. The van der Waals surface area contributed by atoms with Gasteiger partial charge in [-0.05, 0) is 0 Å². The Kier molecular flexibility index (Phi) is 10.9. The van der Waals surface area contributed by atoms with Crippen LogP contribution in [0.2, 0.25) is 0 Å². The molecule has 0 rings (SSSR count).